The Morgan fingerprint density at radius 2 is 2.04 bits per heavy atom. The van der Waals surface area contributed by atoms with E-state index in [1.54, 1.807) is 0 Å². The highest BCUT2D eigenvalue weighted by atomic mass is 35.5. The van der Waals surface area contributed by atoms with Crippen molar-refractivity contribution in [1.29, 1.82) is 0 Å². The minimum Gasteiger partial charge on any atom is -0.441 e. The molecule has 0 radical (unpaired) electrons. The first kappa shape index (κ1) is 20.4. The van der Waals surface area contributed by atoms with Crippen LogP contribution >= 0.6 is 11.6 Å². The van der Waals surface area contributed by atoms with Gasteiger partial charge in [0.1, 0.15) is 6.10 Å². The van der Waals surface area contributed by atoms with Crippen LogP contribution in [-0.4, -0.2) is 12.2 Å². The van der Waals surface area contributed by atoms with Crippen LogP contribution in [0.1, 0.15) is 45.6 Å². The molecular weight excluding hydrogens is 343 g/mol. The van der Waals surface area contributed by atoms with Gasteiger partial charge in [-0.1, -0.05) is 37.9 Å². The van der Waals surface area contributed by atoms with Crippen LogP contribution in [0.3, 0.4) is 0 Å². The smallest absolute Gasteiger partial charge is 0.416 e. The van der Waals surface area contributed by atoms with E-state index < -0.39 is 23.9 Å². The van der Waals surface area contributed by atoms with Crippen molar-refractivity contribution in [2.45, 2.75) is 52.3 Å². The van der Waals surface area contributed by atoms with Crippen LogP contribution in [0.5, 0.6) is 0 Å². The molecule has 0 saturated carbocycles. The number of amides is 1. The van der Waals surface area contributed by atoms with Crippen molar-refractivity contribution in [1.82, 2.24) is 0 Å². The Morgan fingerprint density at radius 3 is 2.58 bits per heavy atom. The number of allylic oxidation sites excluding steroid dienone is 1. The van der Waals surface area contributed by atoms with E-state index in [4.69, 9.17) is 16.3 Å². The van der Waals surface area contributed by atoms with Gasteiger partial charge in [-0.3, -0.25) is 5.32 Å². The monoisotopic (exact) mass is 363 g/mol. The normalized spacial score (nSPS) is 13.5. The third-order valence-corrected chi connectivity index (χ3v) is 3.74. The lowest BCUT2D eigenvalue weighted by molar-refractivity contribution is -0.137. The fourth-order valence-corrected chi connectivity index (χ4v) is 2.23. The van der Waals surface area contributed by atoms with Gasteiger partial charge in [0.25, 0.3) is 0 Å². The number of carbonyl (C=O) groups excluding carboxylic acids is 1. The second kappa shape index (κ2) is 8.97. The molecule has 3 nitrogen and oxygen atoms in total. The molecule has 0 bridgehead atoms. The van der Waals surface area contributed by atoms with Gasteiger partial charge in [0.2, 0.25) is 0 Å². The van der Waals surface area contributed by atoms with Gasteiger partial charge >= 0.3 is 12.3 Å². The molecule has 1 amide bonds. The molecule has 0 aliphatic carbocycles. The lowest BCUT2D eigenvalue weighted by Crippen LogP contribution is -2.23. The summed E-state index contributed by atoms with van der Waals surface area (Å²) in [5.74, 6) is 0. The molecule has 0 saturated heterocycles. The number of benzene rings is 1. The number of nitrogens with one attached hydrogen (secondary N) is 1. The molecule has 0 aliphatic rings. The Labute approximate surface area is 144 Å². The van der Waals surface area contributed by atoms with Crippen molar-refractivity contribution in [3.8, 4) is 0 Å². The highest BCUT2D eigenvalue weighted by Gasteiger charge is 2.31. The lowest BCUT2D eigenvalue weighted by atomic mass is 10.1. The van der Waals surface area contributed by atoms with Crippen LogP contribution in [0.2, 0.25) is 5.02 Å². The Hall–Kier alpha value is -1.69. The SMILES string of the molecule is CCCC=C(C)C(CC)OC(=O)Nc1cc(C(F)(F)F)ccc1Cl. The number of halogens is 4. The molecule has 0 heterocycles. The summed E-state index contributed by atoms with van der Waals surface area (Å²) in [7, 11) is 0. The number of hydrogen-bond donors (Lipinski definition) is 1. The van der Waals surface area contributed by atoms with Gasteiger partial charge in [-0.15, -0.1) is 0 Å². The van der Waals surface area contributed by atoms with Gasteiger partial charge in [-0.05, 0) is 43.5 Å². The summed E-state index contributed by atoms with van der Waals surface area (Å²) in [6.07, 6.45) is -1.40. The van der Waals surface area contributed by atoms with Crippen LogP contribution in [0.4, 0.5) is 23.7 Å². The largest absolute Gasteiger partial charge is 0.441 e. The van der Waals surface area contributed by atoms with E-state index in [-0.39, 0.29) is 10.7 Å². The van der Waals surface area contributed by atoms with Crippen LogP contribution in [0, 0.1) is 0 Å². The standard InChI is InChI=1S/C17H21ClF3NO2/c1-4-6-7-11(3)15(5-2)24-16(23)22-14-10-12(17(19,20)21)8-9-13(14)18/h7-10,15H,4-6H2,1-3H3,(H,22,23). The van der Waals surface area contributed by atoms with Crippen molar-refractivity contribution < 1.29 is 22.7 Å². The average Bonchev–Trinajstić information content (AvgIpc) is 2.51. The zero-order valence-corrected chi connectivity index (χ0v) is 14.6. The Balaban J connectivity index is 2.84. The van der Waals surface area contributed by atoms with E-state index in [0.29, 0.717) is 6.42 Å². The molecule has 1 unspecified atom stereocenters. The molecule has 7 heteroatoms. The summed E-state index contributed by atoms with van der Waals surface area (Å²) < 4.78 is 43.5. The van der Waals surface area contributed by atoms with E-state index in [1.165, 1.54) is 0 Å². The quantitative estimate of drug-likeness (QED) is 0.591. The maximum Gasteiger partial charge on any atom is 0.416 e. The summed E-state index contributed by atoms with van der Waals surface area (Å²) in [6, 6.07) is 2.72. The second-order valence-electron chi connectivity index (χ2n) is 5.36. The van der Waals surface area contributed by atoms with Crippen LogP contribution in [-0.2, 0) is 10.9 Å². The van der Waals surface area contributed by atoms with Gasteiger partial charge in [-0.2, -0.15) is 13.2 Å². The molecule has 1 rings (SSSR count). The summed E-state index contributed by atoms with van der Waals surface area (Å²) in [5, 5.41) is 2.28. The molecule has 0 fully saturated rings. The summed E-state index contributed by atoms with van der Waals surface area (Å²) >= 11 is 5.84. The number of ether oxygens (including phenoxy) is 1. The highest BCUT2D eigenvalue weighted by Crippen LogP contribution is 2.33. The molecule has 134 valence electrons. The summed E-state index contributed by atoms with van der Waals surface area (Å²) in [4.78, 5) is 12.0. The predicted molar refractivity (Wildman–Crippen MR) is 89.3 cm³/mol. The first-order chi connectivity index (χ1) is 11.2. The van der Waals surface area contributed by atoms with E-state index in [9.17, 15) is 18.0 Å². The zero-order valence-electron chi connectivity index (χ0n) is 13.8. The fourth-order valence-electron chi connectivity index (χ4n) is 2.07. The maximum atomic E-state index is 12.7. The predicted octanol–water partition coefficient (Wildman–Crippen LogP) is 6.43. The number of anilines is 1. The fraction of sp³-hybridized carbons (Fsp3) is 0.471. The molecule has 24 heavy (non-hydrogen) atoms. The summed E-state index contributed by atoms with van der Waals surface area (Å²) in [6.45, 7) is 5.75. The van der Waals surface area contributed by atoms with Gasteiger partial charge < -0.3 is 4.74 Å². The van der Waals surface area contributed by atoms with E-state index in [2.05, 4.69) is 5.32 Å². The van der Waals surface area contributed by atoms with Gasteiger partial charge in [0.15, 0.2) is 0 Å². The molecule has 1 aromatic rings. The van der Waals surface area contributed by atoms with Crippen molar-refractivity contribution in [2.75, 3.05) is 5.32 Å². The van der Waals surface area contributed by atoms with E-state index in [1.807, 2.05) is 26.8 Å². The van der Waals surface area contributed by atoms with Crippen LogP contribution in [0.15, 0.2) is 29.8 Å². The minimum atomic E-state index is -4.52. The first-order valence-corrected chi connectivity index (χ1v) is 8.07. The van der Waals surface area contributed by atoms with Crippen LogP contribution < -0.4 is 5.32 Å². The number of alkyl halides is 3. The maximum absolute atomic E-state index is 12.7. The van der Waals surface area contributed by atoms with Crippen molar-refractivity contribution in [3.05, 3.63) is 40.4 Å². The molecule has 1 N–H and O–H groups in total. The Morgan fingerprint density at radius 1 is 1.38 bits per heavy atom. The molecule has 0 spiro atoms. The third-order valence-electron chi connectivity index (χ3n) is 3.41. The van der Waals surface area contributed by atoms with Gasteiger partial charge in [-0.25, -0.2) is 4.79 Å². The third kappa shape index (κ3) is 6.07. The number of carbonyl (C=O) groups is 1. The molecule has 0 aromatic heterocycles. The zero-order chi connectivity index (χ0) is 18.3. The molecular formula is C17H21ClF3NO2. The molecule has 1 atom stereocenters. The highest BCUT2D eigenvalue weighted by molar-refractivity contribution is 6.33. The van der Waals surface area contributed by atoms with Crippen molar-refractivity contribution in [2.24, 2.45) is 0 Å². The van der Waals surface area contributed by atoms with Gasteiger partial charge in [0, 0.05) is 0 Å². The average molecular weight is 364 g/mol. The van der Waals surface area contributed by atoms with Crippen molar-refractivity contribution >= 4 is 23.4 Å². The number of rotatable bonds is 6. The van der Waals surface area contributed by atoms with Gasteiger partial charge in [0.05, 0.1) is 16.3 Å². The second-order valence-corrected chi connectivity index (χ2v) is 5.76. The van der Waals surface area contributed by atoms with Crippen LogP contribution in [0.25, 0.3) is 0 Å². The summed E-state index contributed by atoms with van der Waals surface area (Å²) in [5.41, 5.74) is -0.126. The van der Waals surface area contributed by atoms with Crippen molar-refractivity contribution in [3.63, 3.8) is 0 Å². The Bertz CT molecular complexity index is 600. The van der Waals surface area contributed by atoms with E-state index in [0.717, 1.165) is 36.6 Å². The first-order valence-electron chi connectivity index (χ1n) is 7.70. The molecule has 0 aliphatic heterocycles. The van der Waals surface area contributed by atoms with E-state index >= 15 is 0 Å². The molecule has 1 aromatic carbocycles. The number of hydrogen-bond acceptors (Lipinski definition) is 2. The number of unbranched alkanes of at least 4 members (excludes halogenated alkanes) is 1. The minimum absolute atomic E-state index is 0.00578. The topological polar surface area (TPSA) is 38.3 Å². The lowest BCUT2D eigenvalue weighted by Gasteiger charge is -2.18. The Kier molecular flexibility index (Phi) is 7.60.